The molecule has 8 nitrogen and oxygen atoms in total. The SMILES string of the molecule is CCCCC/C=C/CCCCCCCC(=O)OC(COCCC(C(=O)[O-])[N+](C)(C)C)COC(=O)CCCCCCCCCCCC/C=C/C=C/CCCCCC. The lowest BCUT2D eigenvalue weighted by atomic mass is 10.1. The number of aliphatic carboxylic acids is 1. The van der Waals surface area contributed by atoms with Gasteiger partial charge in [0.25, 0.3) is 0 Å². The van der Waals surface area contributed by atoms with Gasteiger partial charge in [0, 0.05) is 19.3 Å². The molecule has 0 spiro atoms. The van der Waals surface area contributed by atoms with E-state index >= 15 is 0 Å². The number of carboxylic acids is 1. The van der Waals surface area contributed by atoms with Crippen LogP contribution in [0.3, 0.4) is 0 Å². The maximum Gasteiger partial charge on any atom is 0.306 e. The average Bonchev–Trinajstić information content (AvgIpc) is 3.15. The topological polar surface area (TPSA) is 102 Å². The molecule has 0 aromatic rings. The van der Waals surface area contributed by atoms with E-state index in [2.05, 4.69) is 50.3 Å². The highest BCUT2D eigenvalue weighted by molar-refractivity contribution is 5.70. The van der Waals surface area contributed by atoms with Crippen LogP contribution in [-0.4, -0.2) is 75.5 Å². The first kappa shape index (κ1) is 53.6. The molecular weight excluding hydrogens is 703 g/mol. The lowest BCUT2D eigenvalue weighted by Gasteiger charge is -2.34. The van der Waals surface area contributed by atoms with Crippen molar-refractivity contribution in [2.24, 2.45) is 0 Å². The van der Waals surface area contributed by atoms with Gasteiger partial charge in [0.2, 0.25) is 0 Å². The van der Waals surface area contributed by atoms with E-state index in [-0.39, 0.29) is 42.7 Å². The molecule has 56 heavy (non-hydrogen) atoms. The number of unbranched alkanes of at least 4 members (excludes halogenated alkanes) is 22. The number of ether oxygens (including phenoxy) is 3. The molecule has 0 fully saturated rings. The predicted octanol–water partition coefficient (Wildman–Crippen LogP) is 11.3. The van der Waals surface area contributed by atoms with Crippen LogP contribution in [0.2, 0.25) is 0 Å². The first-order chi connectivity index (χ1) is 27.1. The van der Waals surface area contributed by atoms with Crippen LogP contribution in [0.5, 0.6) is 0 Å². The summed E-state index contributed by atoms with van der Waals surface area (Å²) in [5, 5.41) is 11.6. The molecule has 0 rings (SSSR count). The van der Waals surface area contributed by atoms with Crippen LogP contribution in [0.25, 0.3) is 0 Å². The summed E-state index contributed by atoms with van der Waals surface area (Å²) in [6, 6.07) is -0.726. The van der Waals surface area contributed by atoms with E-state index in [0.29, 0.717) is 12.8 Å². The van der Waals surface area contributed by atoms with Crippen molar-refractivity contribution in [1.82, 2.24) is 0 Å². The van der Waals surface area contributed by atoms with Crippen LogP contribution in [0.4, 0.5) is 0 Å². The zero-order valence-corrected chi connectivity index (χ0v) is 37.1. The van der Waals surface area contributed by atoms with Gasteiger partial charge in [-0.1, -0.05) is 153 Å². The highest BCUT2D eigenvalue weighted by atomic mass is 16.6. The Balaban J connectivity index is 4.27. The molecule has 0 aliphatic rings. The smallest absolute Gasteiger partial charge is 0.306 e. The quantitative estimate of drug-likeness (QED) is 0.0200. The summed E-state index contributed by atoms with van der Waals surface area (Å²) >= 11 is 0. The number of esters is 2. The fourth-order valence-corrected chi connectivity index (χ4v) is 6.64. The Morgan fingerprint density at radius 2 is 0.946 bits per heavy atom. The Morgan fingerprint density at radius 3 is 1.43 bits per heavy atom. The van der Waals surface area contributed by atoms with Crippen molar-refractivity contribution in [3.05, 3.63) is 36.5 Å². The Kier molecular flexibility index (Phi) is 37.7. The van der Waals surface area contributed by atoms with Gasteiger partial charge in [-0.2, -0.15) is 0 Å². The van der Waals surface area contributed by atoms with Crippen LogP contribution >= 0.6 is 0 Å². The van der Waals surface area contributed by atoms with Crippen molar-refractivity contribution < 1.29 is 38.2 Å². The third-order valence-electron chi connectivity index (χ3n) is 10.3. The molecule has 0 bridgehead atoms. The van der Waals surface area contributed by atoms with Gasteiger partial charge in [0.1, 0.15) is 12.6 Å². The van der Waals surface area contributed by atoms with Crippen LogP contribution in [0, 0.1) is 0 Å². The van der Waals surface area contributed by atoms with E-state index in [9.17, 15) is 19.5 Å². The molecular formula is C48H87NO7. The molecule has 326 valence electrons. The third kappa shape index (κ3) is 37.1. The molecule has 0 aromatic carbocycles. The molecule has 0 aliphatic carbocycles. The summed E-state index contributed by atoms with van der Waals surface area (Å²) in [6.45, 7) is 4.61. The highest BCUT2D eigenvalue weighted by Crippen LogP contribution is 2.14. The molecule has 0 saturated carbocycles. The molecule has 0 saturated heterocycles. The van der Waals surface area contributed by atoms with Crippen molar-refractivity contribution >= 4 is 17.9 Å². The maximum atomic E-state index is 12.7. The fourth-order valence-electron chi connectivity index (χ4n) is 6.64. The summed E-state index contributed by atoms with van der Waals surface area (Å²) in [6.07, 6.45) is 44.5. The average molecular weight is 790 g/mol. The molecule has 0 aromatic heterocycles. The van der Waals surface area contributed by atoms with E-state index < -0.39 is 18.1 Å². The van der Waals surface area contributed by atoms with Gasteiger partial charge in [-0.05, 0) is 64.2 Å². The zero-order valence-electron chi connectivity index (χ0n) is 37.1. The number of quaternary nitrogens is 1. The van der Waals surface area contributed by atoms with E-state index in [4.69, 9.17) is 14.2 Å². The maximum absolute atomic E-state index is 12.7. The van der Waals surface area contributed by atoms with Crippen molar-refractivity contribution in [2.45, 2.75) is 212 Å². The minimum absolute atomic E-state index is 0.0375. The second-order valence-corrected chi connectivity index (χ2v) is 16.7. The number of hydrogen-bond donors (Lipinski definition) is 0. The first-order valence-electron chi connectivity index (χ1n) is 23.0. The molecule has 8 heteroatoms. The van der Waals surface area contributed by atoms with E-state index in [1.807, 2.05) is 0 Å². The zero-order chi connectivity index (χ0) is 41.4. The minimum atomic E-state index is -1.13. The molecule has 2 unspecified atom stereocenters. The summed E-state index contributed by atoms with van der Waals surface area (Å²) in [5.41, 5.74) is 0. The highest BCUT2D eigenvalue weighted by Gasteiger charge is 2.25. The summed E-state index contributed by atoms with van der Waals surface area (Å²) in [5.74, 6) is -1.75. The monoisotopic (exact) mass is 790 g/mol. The van der Waals surface area contributed by atoms with Crippen LogP contribution in [0.15, 0.2) is 36.5 Å². The third-order valence-corrected chi connectivity index (χ3v) is 10.3. The predicted molar refractivity (Wildman–Crippen MR) is 231 cm³/mol. The van der Waals surface area contributed by atoms with E-state index in [1.165, 1.54) is 116 Å². The number of carboxylic acid groups (broad SMARTS) is 1. The van der Waals surface area contributed by atoms with Gasteiger partial charge in [0.05, 0.1) is 40.3 Å². The number of carbonyl (C=O) groups excluding carboxylic acids is 3. The molecule has 0 N–H and O–H groups in total. The van der Waals surface area contributed by atoms with Crippen molar-refractivity contribution in [2.75, 3.05) is 41.0 Å². The molecule has 2 atom stereocenters. The molecule has 0 aliphatic heterocycles. The second-order valence-electron chi connectivity index (χ2n) is 16.7. The number of allylic oxidation sites excluding steroid dienone is 6. The normalized spacial score (nSPS) is 13.2. The summed E-state index contributed by atoms with van der Waals surface area (Å²) in [7, 11) is 5.40. The van der Waals surface area contributed by atoms with Crippen molar-refractivity contribution in [3.8, 4) is 0 Å². The summed E-state index contributed by atoms with van der Waals surface area (Å²) in [4.78, 5) is 36.8. The van der Waals surface area contributed by atoms with Gasteiger partial charge in [-0.3, -0.25) is 9.59 Å². The molecule has 0 heterocycles. The number of nitrogens with zero attached hydrogens (tertiary/aromatic N) is 1. The van der Waals surface area contributed by atoms with Crippen LogP contribution in [0.1, 0.15) is 200 Å². The Bertz CT molecular complexity index is 1020. The van der Waals surface area contributed by atoms with Crippen LogP contribution < -0.4 is 5.11 Å². The van der Waals surface area contributed by atoms with Gasteiger partial charge in [-0.15, -0.1) is 0 Å². The van der Waals surface area contributed by atoms with Gasteiger partial charge in [-0.25, -0.2) is 0 Å². The first-order valence-corrected chi connectivity index (χ1v) is 23.0. The van der Waals surface area contributed by atoms with E-state index in [0.717, 1.165) is 51.4 Å². The second kappa shape index (κ2) is 39.4. The number of rotatable bonds is 41. The number of hydrogen-bond acceptors (Lipinski definition) is 7. The fraction of sp³-hybridized carbons (Fsp3) is 0.812. The lowest BCUT2D eigenvalue weighted by Crippen LogP contribution is -2.55. The summed E-state index contributed by atoms with van der Waals surface area (Å²) < 4.78 is 17.2. The minimum Gasteiger partial charge on any atom is -0.544 e. The van der Waals surface area contributed by atoms with Gasteiger partial charge < -0.3 is 28.6 Å². The molecule has 0 amide bonds. The Labute approximate surface area is 344 Å². The lowest BCUT2D eigenvalue weighted by molar-refractivity contribution is -0.889. The van der Waals surface area contributed by atoms with Crippen LogP contribution in [-0.2, 0) is 28.6 Å². The Hall–Kier alpha value is -2.45. The molecule has 0 radical (unpaired) electrons. The van der Waals surface area contributed by atoms with Crippen molar-refractivity contribution in [1.29, 1.82) is 0 Å². The van der Waals surface area contributed by atoms with Gasteiger partial charge in [0.15, 0.2) is 6.10 Å². The van der Waals surface area contributed by atoms with Gasteiger partial charge >= 0.3 is 11.9 Å². The number of likely N-dealkylation sites (N-methyl/N-ethyl adjacent to an activating group) is 1. The largest absolute Gasteiger partial charge is 0.544 e. The number of carbonyl (C=O) groups is 3. The Morgan fingerprint density at radius 1 is 0.536 bits per heavy atom. The standard InChI is InChI=1S/C48H87NO7/c1-6-8-10-12-14-16-18-20-21-22-23-24-25-26-27-29-30-32-34-36-38-46(50)55-43-44(42-54-41-40-45(48(52)53)49(3,4)5)56-47(51)39-37-35-33-31-28-19-17-15-13-11-9-7-2/h15-18,20-21,44-45H,6-14,19,22-43H2,1-5H3/b17-15+,18-16+,21-20+. The van der Waals surface area contributed by atoms with Crippen molar-refractivity contribution in [3.63, 3.8) is 0 Å². The van der Waals surface area contributed by atoms with E-state index in [1.54, 1.807) is 21.1 Å².